The highest BCUT2D eigenvalue weighted by Crippen LogP contribution is 2.48. The number of non-ortho nitro benzene ring substituents is 1. The van der Waals surface area contributed by atoms with Crippen molar-refractivity contribution < 1.29 is 34.2 Å². The third-order valence-corrected chi connectivity index (χ3v) is 7.66. The summed E-state index contributed by atoms with van der Waals surface area (Å²) in [5.74, 6) is -4.58. The summed E-state index contributed by atoms with van der Waals surface area (Å²) in [7, 11) is 0. The number of carbonyl (C=O) groups excluding carboxylic acids is 2. The smallest absolute Gasteiger partial charge is 0.271 e. The Bertz CT molecular complexity index is 1370. The highest BCUT2D eigenvalue weighted by Gasteiger charge is 2.55. The molecule has 1 aliphatic carbocycles. The third-order valence-electron chi connectivity index (χ3n) is 7.66. The fraction of sp³-hybridized carbons (Fsp3) is 0.379. The Hall–Kier alpha value is -3.89. The first-order chi connectivity index (χ1) is 18.6. The van der Waals surface area contributed by atoms with Crippen LogP contribution in [0.1, 0.15) is 45.1 Å². The molecular weight excluding hydrogens is 507 g/mol. The van der Waals surface area contributed by atoms with Gasteiger partial charge in [0, 0.05) is 18.1 Å². The van der Waals surface area contributed by atoms with Crippen LogP contribution in [-0.4, -0.2) is 44.8 Å². The van der Waals surface area contributed by atoms with E-state index in [1.165, 1.54) is 36.4 Å². The van der Waals surface area contributed by atoms with E-state index in [0.717, 1.165) is 16.0 Å². The summed E-state index contributed by atoms with van der Waals surface area (Å²) < 4.78 is 13.7. The maximum Gasteiger partial charge on any atom is 0.271 e. The number of hydrogen-bond acceptors (Lipinski definition) is 7. The van der Waals surface area contributed by atoms with Gasteiger partial charge in [-0.2, -0.15) is 0 Å². The van der Waals surface area contributed by atoms with E-state index in [-0.39, 0.29) is 24.2 Å². The van der Waals surface area contributed by atoms with Gasteiger partial charge in [-0.15, -0.1) is 0 Å². The maximum absolute atomic E-state index is 13.7. The van der Waals surface area contributed by atoms with Gasteiger partial charge in [0.05, 0.1) is 35.2 Å². The van der Waals surface area contributed by atoms with Gasteiger partial charge in [-0.05, 0) is 61.9 Å². The molecule has 1 saturated heterocycles. The molecule has 0 unspecified atom stereocenters. The van der Waals surface area contributed by atoms with Crippen LogP contribution >= 0.6 is 0 Å². The lowest BCUT2D eigenvalue weighted by molar-refractivity contribution is -0.384. The van der Waals surface area contributed by atoms with E-state index in [4.69, 9.17) is 0 Å². The molecule has 10 heteroatoms. The lowest BCUT2D eigenvalue weighted by Crippen LogP contribution is -2.39. The number of rotatable bonds is 9. The van der Waals surface area contributed by atoms with E-state index in [2.05, 4.69) is 0 Å². The number of phenolic OH excluding ortho intramolecular Hbond substituents is 1. The average molecular weight is 539 g/mol. The van der Waals surface area contributed by atoms with Crippen molar-refractivity contribution in [2.24, 2.45) is 17.8 Å². The van der Waals surface area contributed by atoms with Crippen LogP contribution in [0.4, 0.5) is 15.8 Å². The van der Waals surface area contributed by atoms with Crippen molar-refractivity contribution >= 4 is 29.3 Å². The van der Waals surface area contributed by atoms with Crippen LogP contribution in [0.15, 0.2) is 59.2 Å². The summed E-state index contributed by atoms with van der Waals surface area (Å²) in [6.07, 6.45) is 2.27. The molecule has 2 amide bonds. The van der Waals surface area contributed by atoms with Gasteiger partial charge in [0.25, 0.3) is 5.69 Å². The van der Waals surface area contributed by atoms with E-state index < -0.39 is 58.8 Å². The molecule has 1 aliphatic heterocycles. The first-order valence-corrected chi connectivity index (χ1v) is 12.9. The SMILES string of the molecule is CCC1=C([C@H](O)CC/C(C)=C/c2ccc(O)c(F)c2)[C@H](CO)[C@@H]2C(=O)N(c3cccc([N+](=O)[O-])c3)C(=O)[C@@H]2C1. The van der Waals surface area contributed by atoms with E-state index in [1.54, 1.807) is 12.1 Å². The average Bonchev–Trinajstić information content (AvgIpc) is 3.17. The summed E-state index contributed by atoms with van der Waals surface area (Å²) in [4.78, 5) is 38.5. The molecule has 206 valence electrons. The molecule has 0 saturated carbocycles. The minimum absolute atomic E-state index is 0.108. The molecule has 0 radical (unpaired) electrons. The summed E-state index contributed by atoms with van der Waals surface area (Å²) >= 11 is 0. The Kier molecular flexibility index (Phi) is 8.27. The number of halogens is 1. The number of phenols is 1. The number of carbonyl (C=O) groups is 2. The van der Waals surface area contributed by atoms with Crippen LogP contribution in [0.3, 0.4) is 0 Å². The molecule has 3 N–H and O–H groups in total. The summed E-state index contributed by atoms with van der Waals surface area (Å²) in [5.41, 5.74) is 2.66. The Labute approximate surface area is 225 Å². The second-order valence-electron chi connectivity index (χ2n) is 10.1. The first-order valence-electron chi connectivity index (χ1n) is 12.9. The Balaban J connectivity index is 1.57. The number of aromatic hydroxyl groups is 1. The number of fused-ring (bicyclic) bond motifs is 1. The highest BCUT2D eigenvalue weighted by atomic mass is 19.1. The molecule has 39 heavy (non-hydrogen) atoms. The lowest BCUT2D eigenvalue weighted by Gasteiger charge is -2.36. The van der Waals surface area contributed by atoms with Crippen LogP contribution in [0.5, 0.6) is 5.75 Å². The predicted octanol–water partition coefficient (Wildman–Crippen LogP) is 4.51. The van der Waals surface area contributed by atoms with Gasteiger partial charge in [0.15, 0.2) is 11.6 Å². The zero-order valence-electron chi connectivity index (χ0n) is 21.7. The zero-order valence-corrected chi connectivity index (χ0v) is 21.7. The number of hydrogen-bond donors (Lipinski definition) is 3. The Morgan fingerprint density at radius 3 is 2.62 bits per heavy atom. The van der Waals surface area contributed by atoms with E-state index in [9.17, 15) is 39.4 Å². The number of nitro benzene ring substituents is 1. The minimum Gasteiger partial charge on any atom is -0.505 e. The standard InChI is InChI=1S/C29H31FN2O7/c1-3-18-13-21-27(29(37)31(28(21)36)19-5-4-6-20(14-19)32(38)39)22(15-33)26(18)25(35)9-7-16(2)11-17-8-10-24(34)23(30)12-17/h4-6,8,10-12,14,21-22,25,27,33-35H,3,7,9,13,15H2,1-2H3/b16-11+/t21-,22+,25-,27-/m1/s1. The van der Waals surface area contributed by atoms with Crippen LogP contribution in [0.2, 0.25) is 0 Å². The number of anilines is 1. The predicted molar refractivity (Wildman–Crippen MR) is 142 cm³/mol. The number of aliphatic hydroxyl groups is 2. The van der Waals surface area contributed by atoms with Crippen LogP contribution in [0.25, 0.3) is 6.08 Å². The third kappa shape index (κ3) is 5.48. The number of allylic oxidation sites excluding steroid dienone is 2. The number of benzene rings is 2. The Morgan fingerprint density at radius 2 is 1.97 bits per heavy atom. The summed E-state index contributed by atoms with van der Waals surface area (Å²) in [6.45, 7) is 3.28. The molecule has 1 heterocycles. The van der Waals surface area contributed by atoms with Crippen LogP contribution < -0.4 is 4.90 Å². The molecule has 0 aromatic heterocycles. The van der Waals surface area contributed by atoms with Crippen molar-refractivity contribution in [2.75, 3.05) is 11.5 Å². The number of imide groups is 1. The van der Waals surface area contributed by atoms with E-state index in [1.807, 2.05) is 13.8 Å². The largest absolute Gasteiger partial charge is 0.505 e. The topological polar surface area (TPSA) is 141 Å². The van der Waals surface area contributed by atoms with Crippen LogP contribution in [-0.2, 0) is 9.59 Å². The second-order valence-corrected chi connectivity index (χ2v) is 10.1. The normalized spacial score (nSPS) is 22.3. The van der Waals surface area contributed by atoms with Crippen molar-refractivity contribution in [3.8, 4) is 5.75 Å². The van der Waals surface area contributed by atoms with Crippen molar-refractivity contribution in [3.63, 3.8) is 0 Å². The number of aliphatic hydroxyl groups excluding tert-OH is 2. The fourth-order valence-electron chi connectivity index (χ4n) is 5.79. The van der Waals surface area contributed by atoms with Crippen molar-refractivity contribution in [2.45, 2.75) is 45.6 Å². The monoisotopic (exact) mass is 538 g/mol. The molecule has 2 aromatic rings. The molecule has 9 nitrogen and oxygen atoms in total. The molecule has 0 bridgehead atoms. The van der Waals surface area contributed by atoms with Crippen molar-refractivity contribution in [3.05, 3.63) is 80.7 Å². The van der Waals surface area contributed by atoms with Crippen molar-refractivity contribution in [1.82, 2.24) is 0 Å². The van der Waals surface area contributed by atoms with Gasteiger partial charge in [0.2, 0.25) is 11.8 Å². The zero-order chi connectivity index (χ0) is 28.4. The van der Waals surface area contributed by atoms with Crippen LogP contribution in [0, 0.1) is 33.7 Å². The van der Waals surface area contributed by atoms with Gasteiger partial charge in [-0.1, -0.05) is 36.3 Å². The van der Waals surface area contributed by atoms with E-state index in [0.29, 0.717) is 24.0 Å². The summed E-state index contributed by atoms with van der Waals surface area (Å²) in [6, 6.07) is 9.39. The van der Waals surface area contributed by atoms with Gasteiger partial charge in [-0.25, -0.2) is 9.29 Å². The molecule has 4 atom stereocenters. The highest BCUT2D eigenvalue weighted by molar-refractivity contribution is 6.22. The number of nitro groups is 1. The maximum atomic E-state index is 13.7. The molecular formula is C29H31FN2O7. The quantitative estimate of drug-likeness (QED) is 0.185. The minimum atomic E-state index is -0.979. The lowest BCUT2D eigenvalue weighted by atomic mass is 9.67. The van der Waals surface area contributed by atoms with Crippen molar-refractivity contribution in [1.29, 1.82) is 0 Å². The van der Waals surface area contributed by atoms with Gasteiger partial charge in [0.1, 0.15) is 0 Å². The number of amides is 2. The van der Waals surface area contributed by atoms with Gasteiger partial charge < -0.3 is 15.3 Å². The van der Waals surface area contributed by atoms with Gasteiger partial charge >= 0.3 is 0 Å². The van der Waals surface area contributed by atoms with E-state index >= 15 is 0 Å². The summed E-state index contributed by atoms with van der Waals surface area (Å²) in [5, 5.41) is 42.3. The molecule has 4 rings (SSSR count). The molecule has 1 fully saturated rings. The van der Waals surface area contributed by atoms with Gasteiger partial charge in [-0.3, -0.25) is 19.7 Å². The molecule has 2 aliphatic rings. The molecule has 0 spiro atoms. The Morgan fingerprint density at radius 1 is 1.23 bits per heavy atom. The second kappa shape index (κ2) is 11.5. The fourth-order valence-corrected chi connectivity index (χ4v) is 5.79. The molecule has 2 aromatic carbocycles. The number of nitrogens with zero attached hydrogens (tertiary/aromatic N) is 2. The first kappa shape index (κ1) is 28.1.